The van der Waals surface area contributed by atoms with E-state index >= 15 is 0 Å². The highest BCUT2D eigenvalue weighted by Gasteiger charge is 2.33. The average Bonchev–Trinajstić information content (AvgIpc) is 2.63. The fraction of sp³-hybridized carbons (Fsp3) is 0.917. The van der Waals surface area contributed by atoms with Gasteiger partial charge < -0.3 is 9.84 Å². The van der Waals surface area contributed by atoms with Gasteiger partial charge in [-0.3, -0.25) is 10.2 Å². The van der Waals surface area contributed by atoms with Crippen LogP contribution in [0.5, 0.6) is 0 Å². The lowest BCUT2D eigenvalue weighted by atomic mass is 9.98. The Morgan fingerprint density at radius 1 is 1.56 bits per heavy atom. The van der Waals surface area contributed by atoms with E-state index in [9.17, 15) is 9.90 Å². The minimum Gasteiger partial charge on any atom is -0.442 e. The zero-order valence-electron chi connectivity index (χ0n) is 11.5. The molecule has 1 rings (SSSR count). The van der Waals surface area contributed by atoms with Gasteiger partial charge in [0.2, 0.25) is 0 Å². The molecule has 3 atom stereocenters. The van der Waals surface area contributed by atoms with Gasteiger partial charge in [-0.1, -0.05) is 6.92 Å². The quantitative estimate of drug-likeness (QED) is 0.661. The van der Waals surface area contributed by atoms with Crippen LogP contribution in [0.2, 0.25) is 0 Å². The van der Waals surface area contributed by atoms with Crippen LogP contribution in [0.3, 0.4) is 0 Å². The van der Waals surface area contributed by atoms with E-state index in [1.54, 1.807) is 20.8 Å². The third-order valence-corrected chi connectivity index (χ3v) is 2.81. The molecule has 0 aromatic rings. The lowest BCUT2D eigenvalue weighted by molar-refractivity contribution is -0.0834. The summed E-state index contributed by atoms with van der Waals surface area (Å²) in [4.78, 5) is 16.8. The smallest absolute Gasteiger partial charge is 0.431 e. The number of hydrogen-bond donors (Lipinski definition) is 3. The summed E-state index contributed by atoms with van der Waals surface area (Å²) in [5.41, 5.74) is 1.74. The molecule has 3 N–H and O–H groups in total. The van der Waals surface area contributed by atoms with Gasteiger partial charge in [-0.2, -0.15) is 5.48 Å². The monoisotopic (exact) mass is 260 g/mol. The van der Waals surface area contributed by atoms with Gasteiger partial charge >= 0.3 is 6.09 Å². The number of nitrogens with one attached hydrogen (secondary N) is 2. The van der Waals surface area contributed by atoms with E-state index in [-0.39, 0.29) is 12.0 Å². The van der Waals surface area contributed by atoms with Crippen molar-refractivity contribution in [1.29, 1.82) is 0 Å². The first-order valence-corrected chi connectivity index (χ1v) is 6.39. The minimum absolute atomic E-state index is 0.00932. The summed E-state index contributed by atoms with van der Waals surface area (Å²) in [6, 6.07) is 0. The second kappa shape index (κ2) is 6.36. The van der Waals surface area contributed by atoms with Crippen LogP contribution in [0.15, 0.2) is 0 Å². The first kappa shape index (κ1) is 15.2. The van der Waals surface area contributed by atoms with Crippen LogP contribution in [0.1, 0.15) is 40.5 Å². The van der Waals surface area contributed by atoms with Gasteiger partial charge in [0.05, 0.1) is 6.10 Å². The van der Waals surface area contributed by atoms with Crippen molar-refractivity contribution in [2.45, 2.75) is 58.5 Å². The molecule has 1 heterocycles. The zero-order chi connectivity index (χ0) is 13.8. The molecule has 18 heavy (non-hydrogen) atoms. The summed E-state index contributed by atoms with van der Waals surface area (Å²) in [5.74, 6) is -0.00932. The molecule has 1 aliphatic rings. The maximum atomic E-state index is 11.4. The Hall–Kier alpha value is -0.850. The van der Waals surface area contributed by atoms with E-state index in [2.05, 4.69) is 10.8 Å². The predicted molar refractivity (Wildman–Crippen MR) is 66.7 cm³/mol. The van der Waals surface area contributed by atoms with Crippen molar-refractivity contribution < 1.29 is 19.5 Å². The third-order valence-electron chi connectivity index (χ3n) is 2.81. The molecule has 1 aliphatic heterocycles. The fourth-order valence-electron chi connectivity index (χ4n) is 1.99. The van der Waals surface area contributed by atoms with Crippen molar-refractivity contribution in [3.8, 4) is 0 Å². The number of carbonyl (C=O) groups is 1. The Bertz CT molecular complexity index is 278. The van der Waals surface area contributed by atoms with Crippen molar-refractivity contribution in [2.75, 3.05) is 6.54 Å². The summed E-state index contributed by atoms with van der Waals surface area (Å²) in [5, 5.41) is 12.6. The number of ether oxygens (including phenoxy) is 1. The van der Waals surface area contributed by atoms with Crippen LogP contribution >= 0.6 is 0 Å². The molecule has 0 radical (unpaired) electrons. The highest BCUT2D eigenvalue weighted by atomic mass is 16.7. The highest BCUT2D eigenvalue weighted by molar-refractivity contribution is 5.66. The number of rotatable bonds is 4. The average molecular weight is 260 g/mol. The van der Waals surface area contributed by atoms with E-state index in [1.165, 1.54) is 0 Å². The largest absolute Gasteiger partial charge is 0.442 e. The predicted octanol–water partition coefficient (Wildman–Crippen LogP) is 1.15. The molecule has 0 aliphatic carbocycles. The lowest BCUT2D eigenvalue weighted by Gasteiger charge is -2.25. The highest BCUT2D eigenvalue weighted by Crippen LogP contribution is 2.22. The molecular formula is C12H24N2O4. The standard InChI is InChI=1S/C12H24N2O4/c1-5-9(8-6-7-13-10(8)15)18-14-11(16)17-12(2,3)4/h8-10,13,15H,5-7H2,1-4H3,(H,14,16). The van der Waals surface area contributed by atoms with E-state index in [0.717, 1.165) is 13.0 Å². The molecule has 3 unspecified atom stereocenters. The Kier molecular flexibility index (Phi) is 5.37. The number of carbonyl (C=O) groups excluding carboxylic acids is 1. The number of hydroxylamine groups is 1. The number of aliphatic hydroxyl groups excluding tert-OH is 1. The molecule has 0 aromatic carbocycles. The first-order chi connectivity index (χ1) is 8.33. The maximum Gasteiger partial charge on any atom is 0.431 e. The molecule has 1 amide bonds. The fourth-order valence-corrected chi connectivity index (χ4v) is 1.99. The topological polar surface area (TPSA) is 79.8 Å². The molecule has 0 bridgehead atoms. The Morgan fingerprint density at radius 2 is 2.22 bits per heavy atom. The van der Waals surface area contributed by atoms with E-state index < -0.39 is 17.9 Å². The number of amides is 1. The zero-order valence-corrected chi connectivity index (χ0v) is 11.5. The Balaban J connectivity index is 2.38. The van der Waals surface area contributed by atoms with Crippen molar-refractivity contribution in [3.05, 3.63) is 0 Å². The SMILES string of the molecule is CCC(ONC(=O)OC(C)(C)C)C1CCNC1O. The van der Waals surface area contributed by atoms with Crippen LogP contribution in [0, 0.1) is 5.92 Å². The molecule has 6 heteroatoms. The molecule has 6 nitrogen and oxygen atoms in total. The van der Waals surface area contributed by atoms with Gasteiger partial charge in [-0.05, 0) is 40.2 Å². The van der Waals surface area contributed by atoms with E-state index in [1.807, 2.05) is 6.92 Å². The van der Waals surface area contributed by atoms with Gasteiger partial charge in [-0.15, -0.1) is 0 Å². The Morgan fingerprint density at radius 3 is 2.67 bits per heavy atom. The number of aliphatic hydroxyl groups is 1. The van der Waals surface area contributed by atoms with Crippen molar-refractivity contribution in [1.82, 2.24) is 10.8 Å². The molecule has 0 aromatic heterocycles. The molecule has 0 saturated carbocycles. The summed E-state index contributed by atoms with van der Waals surface area (Å²) in [6.45, 7) is 8.07. The summed E-state index contributed by atoms with van der Waals surface area (Å²) >= 11 is 0. The van der Waals surface area contributed by atoms with Gasteiger partial charge in [0.25, 0.3) is 0 Å². The minimum atomic E-state index is -0.610. The molecular weight excluding hydrogens is 236 g/mol. The van der Waals surface area contributed by atoms with Gasteiger partial charge in [-0.25, -0.2) is 4.79 Å². The summed E-state index contributed by atoms with van der Waals surface area (Å²) < 4.78 is 5.07. The summed E-state index contributed by atoms with van der Waals surface area (Å²) in [6.07, 6.45) is 0.133. The van der Waals surface area contributed by atoms with Crippen LogP contribution in [-0.2, 0) is 9.57 Å². The van der Waals surface area contributed by atoms with Crippen molar-refractivity contribution >= 4 is 6.09 Å². The molecule has 106 valence electrons. The van der Waals surface area contributed by atoms with Gasteiger partial charge in [0, 0.05) is 5.92 Å². The normalized spacial score (nSPS) is 25.8. The first-order valence-electron chi connectivity index (χ1n) is 6.39. The van der Waals surface area contributed by atoms with Gasteiger partial charge in [0.1, 0.15) is 11.8 Å². The third kappa shape index (κ3) is 4.80. The van der Waals surface area contributed by atoms with Crippen molar-refractivity contribution in [2.24, 2.45) is 5.92 Å². The summed E-state index contributed by atoms with van der Waals surface area (Å²) in [7, 11) is 0. The van der Waals surface area contributed by atoms with Crippen LogP contribution in [-0.4, -0.2) is 35.7 Å². The van der Waals surface area contributed by atoms with Crippen LogP contribution in [0.25, 0.3) is 0 Å². The molecule has 1 fully saturated rings. The second-order valence-corrected chi connectivity index (χ2v) is 5.52. The number of hydrogen-bond acceptors (Lipinski definition) is 5. The Labute approximate surface area is 108 Å². The lowest BCUT2D eigenvalue weighted by Crippen LogP contribution is -2.40. The molecule has 1 saturated heterocycles. The second-order valence-electron chi connectivity index (χ2n) is 5.52. The van der Waals surface area contributed by atoms with Crippen LogP contribution < -0.4 is 10.8 Å². The van der Waals surface area contributed by atoms with Crippen molar-refractivity contribution in [3.63, 3.8) is 0 Å². The van der Waals surface area contributed by atoms with Gasteiger partial charge in [0.15, 0.2) is 0 Å². The molecule has 0 spiro atoms. The van der Waals surface area contributed by atoms with E-state index in [4.69, 9.17) is 9.57 Å². The van der Waals surface area contributed by atoms with E-state index in [0.29, 0.717) is 6.42 Å². The van der Waals surface area contributed by atoms with Crippen LogP contribution in [0.4, 0.5) is 4.79 Å². The maximum absolute atomic E-state index is 11.4.